The van der Waals surface area contributed by atoms with E-state index in [4.69, 9.17) is 15.6 Å². The zero-order valence-corrected chi connectivity index (χ0v) is 8.91. The van der Waals surface area contributed by atoms with Gasteiger partial charge < -0.3 is 15.6 Å². The minimum absolute atomic E-state index is 0.0776. The molecule has 1 aromatic carbocycles. The molecule has 0 saturated heterocycles. The predicted octanol–water partition coefficient (Wildman–Crippen LogP) is 1.45. The van der Waals surface area contributed by atoms with E-state index in [0.29, 0.717) is 0 Å². The number of hydrogen-bond acceptors (Lipinski definition) is 3. The summed E-state index contributed by atoms with van der Waals surface area (Å²) in [6, 6.07) is 5.12. The number of ether oxygens (including phenoxy) is 1. The van der Waals surface area contributed by atoms with Gasteiger partial charge in [-0.25, -0.2) is 0 Å². The Kier molecular flexibility index (Phi) is 3.71. The average molecular weight is 246 g/mol. The van der Waals surface area contributed by atoms with Crippen LogP contribution in [0.2, 0.25) is 0 Å². The summed E-state index contributed by atoms with van der Waals surface area (Å²) in [4.78, 5) is 0. The van der Waals surface area contributed by atoms with Crippen LogP contribution < -0.4 is 10.5 Å². The van der Waals surface area contributed by atoms with Crippen molar-refractivity contribution in [3.05, 3.63) is 28.2 Å². The number of benzene rings is 1. The van der Waals surface area contributed by atoms with Crippen LogP contribution in [0.5, 0.6) is 5.75 Å². The van der Waals surface area contributed by atoms with Crippen molar-refractivity contribution >= 4 is 15.9 Å². The van der Waals surface area contributed by atoms with Gasteiger partial charge >= 0.3 is 0 Å². The second-order valence-electron chi connectivity index (χ2n) is 2.68. The van der Waals surface area contributed by atoms with Crippen LogP contribution in [0.25, 0.3) is 0 Å². The SMILES string of the molecule is COc1ccc(Br)c([C@H](N)CO)c1. The van der Waals surface area contributed by atoms with E-state index < -0.39 is 0 Å². The normalized spacial score (nSPS) is 12.6. The highest BCUT2D eigenvalue weighted by molar-refractivity contribution is 9.10. The van der Waals surface area contributed by atoms with Crippen molar-refractivity contribution in [2.75, 3.05) is 13.7 Å². The monoisotopic (exact) mass is 245 g/mol. The van der Waals surface area contributed by atoms with Crippen molar-refractivity contribution in [1.29, 1.82) is 0 Å². The first-order valence-corrected chi connectivity index (χ1v) is 4.68. The highest BCUT2D eigenvalue weighted by atomic mass is 79.9. The Hall–Kier alpha value is -0.580. The Morgan fingerprint density at radius 1 is 1.62 bits per heavy atom. The topological polar surface area (TPSA) is 55.5 Å². The molecule has 0 aliphatic rings. The van der Waals surface area contributed by atoms with E-state index in [1.54, 1.807) is 7.11 Å². The molecule has 0 spiro atoms. The fourth-order valence-corrected chi connectivity index (χ4v) is 1.57. The molecule has 1 aromatic rings. The lowest BCUT2D eigenvalue weighted by Crippen LogP contribution is -2.15. The first kappa shape index (κ1) is 10.5. The van der Waals surface area contributed by atoms with Crippen LogP contribution >= 0.6 is 15.9 Å². The Bertz CT molecular complexity index is 291. The minimum atomic E-state index is -0.371. The van der Waals surface area contributed by atoms with Crippen LogP contribution in [0.4, 0.5) is 0 Å². The standard InChI is InChI=1S/C9H12BrNO2/c1-13-6-2-3-8(10)7(4-6)9(11)5-12/h2-4,9,12H,5,11H2,1H3/t9-/m1/s1. The van der Waals surface area contributed by atoms with Gasteiger partial charge in [-0.05, 0) is 23.8 Å². The average Bonchev–Trinajstić information content (AvgIpc) is 2.17. The summed E-state index contributed by atoms with van der Waals surface area (Å²) in [7, 11) is 1.59. The zero-order chi connectivity index (χ0) is 9.84. The van der Waals surface area contributed by atoms with Gasteiger partial charge in [0.15, 0.2) is 0 Å². The second kappa shape index (κ2) is 4.60. The fraction of sp³-hybridized carbons (Fsp3) is 0.333. The van der Waals surface area contributed by atoms with Gasteiger partial charge in [-0.15, -0.1) is 0 Å². The molecule has 0 aromatic heterocycles. The van der Waals surface area contributed by atoms with E-state index in [9.17, 15) is 0 Å². The van der Waals surface area contributed by atoms with Gasteiger partial charge in [0.05, 0.1) is 19.8 Å². The van der Waals surface area contributed by atoms with Gasteiger partial charge in [0.25, 0.3) is 0 Å². The van der Waals surface area contributed by atoms with E-state index in [1.807, 2.05) is 18.2 Å². The highest BCUT2D eigenvalue weighted by Crippen LogP contribution is 2.26. The van der Waals surface area contributed by atoms with Gasteiger partial charge in [0.2, 0.25) is 0 Å². The molecule has 0 aliphatic carbocycles. The number of rotatable bonds is 3. The summed E-state index contributed by atoms with van der Waals surface area (Å²) in [6.45, 7) is -0.0776. The number of aliphatic hydroxyl groups excluding tert-OH is 1. The lowest BCUT2D eigenvalue weighted by molar-refractivity contribution is 0.267. The molecule has 13 heavy (non-hydrogen) atoms. The second-order valence-corrected chi connectivity index (χ2v) is 3.53. The van der Waals surface area contributed by atoms with Crippen molar-refractivity contribution in [2.45, 2.75) is 6.04 Å². The van der Waals surface area contributed by atoms with Crippen LogP contribution in [-0.4, -0.2) is 18.8 Å². The van der Waals surface area contributed by atoms with Crippen molar-refractivity contribution in [2.24, 2.45) is 5.73 Å². The first-order chi connectivity index (χ1) is 6.19. The molecule has 0 radical (unpaired) electrons. The molecule has 0 saturated carbocycles. The molecule has 4 heteroatoms. The van der Waals surface area contributed by atoms with Crippen LogP contribution in [0.3, 0.4) is 0 Å². The van der Waals surface area contributed by atoms with Crippen LogP contribution in [-0.2, 0) is 0 Å². The molecule has 72 valence electrons. The van der Waals surface area contributed by atoms with Gasteiger partial charge in [-0.3, -0.25) is 0 Å². The molecule has 0 unspecified atom stereocenters. The molecular weight excluding hydrogens is 234 g/mol. The van der Waals surface area contributed by atoms with Gasteiger partial charge in [-0.1, -0.05) is 15.9 Å². The van der Waals surface area contributed by atoms with E-state index >= 15 is 0 Å². The molecule has 0 heterocycles. The highest BCUT2D eigenvalue weighted by Gasteiger charge is 2.09. The number of halogens is 1. The summed E-state index contributed by atoms with van der Waals surface area (Å²) in [5.74, 6) is 0.738. The largest absolute Gasteiger partial charge is 0.497 e. The number of methoxy groups -OCH3 is 1. The summed E-state index contributed by atoms with van der Waals surface area (Å²) in [5, 5.41) is 8.89. The molecule has 0 aliphatic heterocycles. The Morgan fingerprint density at radius 2 is 2.31 bits per heavy atom. The maximum absolute atomic E-state index is 8.89. The quantitative estimate of drug-likeness (QED) is 0.848. The smallest absolute Gasteiger partial charge is 0.119 e. The maximum Gasteiger partial charge on any atom is 0.119 e. The molecule has 1 atom stereocenters. The summed E-state index contributed by atoms with van der Waals surface area (Å²) < 4.78 is 5.93. The molecular formula is C9H12BrNO2. The Balaban J connectivity index is 3.03. The zero-order valence-electron chi connectivity index (χ0n) is 7.33. The fourth-order valence-electron chi connectivity index (χ4n) is 1.03. The van der Waals surface area contributed by atoms with Gasteiger partial charge in [0, 0.05) is 4.47 Å². The molecule has 0 amide bonds. The van der Waals surface area contributed by atoms with E-state index in [-0.39, 0.29) is 12.6 Å². The molecule has 0 bridgehead atoms. The van der Waals surface area contributed by atoms with E-state index in [2.05, 4.69) is 15.9 Å². The van der Waals surface area contributed by atoms with Crippen LogP contribution in [0.1, 0.15) is 11.6 Å². The van der Waals surface area contributed by atoms with Crippen LogP contribution in [0.15, 0.2) is 22.7 Å². The molecule has 0 fully saturated rings. The summed E-state index contributed by atoms with van der Waals surface area (Å²) in [5.41, 5.74) is 6.53. The Labute approximate surface area is 85.6 Å². The third-order valence-electron chi connectivity index (χ3n) is 1.80. The molecule has 3 N–H and O–H groups in total. The van der Waals surface area contributed by atoms with Crippen molar-refractivity contribution in [3.8, 4) is 5.75 Å². The molecule has 3 nitrogen and oxygen atoms in total. The summed E-state index contributed by atoms with van der Waals surface area (Å²) >= 11 is 3.35. The van der Waals surface area contributed by atoms with Crippen molar-refractivity contribution < 1.29 is 9.84 Å². The van der Waals surface area contributed by atoms with E-state index in [1.165, 1.54) is 0 Å². The first-order valence-electron chi connectivity index (χ1n) is 3.89. The van der Waals surface area contributed by atoms with Crippen molar-refractivity contribution in [3.63, 3.8) is 0 Å². The van der Waals surface area contributed by atoms with Crippen LogP contribution in [0, 0.1) is 0 Å². The lowest BCUT2D eigenvalue weighted by Gasteiger charge is -2.12. The van der Waals surface area contributed by atoms with Gasteiger partial charge in [0.1, 0.15) is 5.75 Å². The summed E-state index contributed by atoms with van der Waals surface area (Å²) in [6.07, 6.45) is 0. The predicted molar refractivity (Wildman–Crippen MR) is 54.7 cm³/mol. The Morgan fingerprint density at radius 3 is 2.85 bits per heavy atom. The number of hydrogen-bond donors (Lipinski definition) is 2. The minimum Gasteiger partial charge on any atom is -0.497 e. The maximum atomic E-state index is 8.89. The number of aliphatic hydroxyl groups is 1. The third kappa shape index (κ3) is 2.43. The number of nitrogens with two attached hydrogens (primary N) is 1. The lowest BCUT2D eigenvalue weighted by atomic mass is 10.1. The third-order valence-corrected chi connectivity index (χ3v) is 2.52. The van der Waals surface area contributed by atoms with Crippen molar-refractivity contribution in [1.82, 2.24) is 0 Å². The molecule has 1 rings (SSSR count). The van der Waals surface area contributed by atoms with E-state index in [0.717, 1.165) is 15.8 Å². The van der Waals surface area contributed by atoms with Gasteiger partial charge in [-0.2, -0.15) is 0 Å².